The smallest absolute Gasteiger partial charge is 0.156 e. The van der Waals surface area contributed by atoms with Gasteiger partial charge in [0.15, 0.2) is 5.17 Å². The summed E-state index contributed by atoms with van der Waals surface area (Å²) in [7, 11) is 0. The zero-order chi connectivity index (χ0) is 8.85. The molecule has 2 nitrogen and oxygen atoms in total. The number of thioether (sulfide) groups is 1. The minimum absolute atomic E-state index is 0. The van der Waals surface area contributed by atoms with Gasteiger partial charge in [0, 0.05) is 12.1 Å². The number of nitrogens with zero attached hydrogens (tertiary/aromatic N) is 1. The molecule has 0 aromatic rings. The van der Waals surface area contributed by atoms with Gasteiger partial charge in [0.2, 0.25) is 0 Å². The Labute approximate surface area is 97.0 Å². The molecule has 0 aliphatic carbocycles. The number of nitrogens with one attached hydrogen (secondary N) is 1. The number of amidine groups is 1. The molecule has 0 saturated carbocycles. The lowest BCUT2D eigenvalue weighted by molar-refractivity contribution is 0.728. The third-order valence-electron chi connectivity index (χ3n) is 0.981. The summed E-state index contributed by atoms with van der Waals surface area (Å²) in [6.45, 7) is 8.40. The van der Waals surface area contributed by atoms with Crippen LogP contribution in [0.5, 0.6) is 0 Å². The van der Waals surface area contributed by atoms with Gasteiger partial charge in [-0.2, -0.15) is 0 Å². The summed E-state index contributed by atoms with van der Waals surface area (Å²) in [5.74, 6) is 0. The lowest BCUT2D eigenvalue weighted by atomic mass is 10.4. The van der Waals surface area contributed by atoms with Gasteiger partial charge in [0.05, 0.1) is 0 Å². The van der Waals surface area contributed by atoms with Crippen LogP contribution in [0.1, 0.15) is 27.7 Å². The SMILES string of the molecule is CSC(=NC(C)C)NC(C)C.I. The van der Waals surface area contributed by atoms with Crippen LogP contribution in [0.4, 0.5) is 0 Å². The first-order valence-electron chi connectivity index (χ1n) is 3.94. The monoisotopic (exact) mass is 302 g/mol. The van der Waals surface area contributed by atoms with E-state index in [2.05, 4.69) is 38.0 Å². The predicted octanol–water partition coefficient (Wildman–Crippen LogP) is 2.73. The topological polar surface area (TPSA) is 24.4 Å². The van der Waals surface area contributed by atoms with Crippen LogP contribution >= 0.6 is 35.7 Å². The molecule has 0 bridgehead atoms. The summed E-state index contributed by atoms with van der Waals surface area (Å²) >= 11 is 1.67. The highest BCUT2D eigenvalue weighted by Crippen LogP contribution is 1.99. The number of hydrogen-bond acceptors (Lipinski definition) is 2. The van der Waals surface area contributed by atoms with Crippen LogP contribution < -0.4 is 5.32 Å². The van der Waals surface area contributed by atoms with Crippen LogP contribution in [0.2, 0.25) is 0 Å². The molecule has 12 heavy (non-hydrogen) atoms. The van der Waals surface area contributed by atoms with Crippen molar-refractivity contribution in [2.45, 2.75) is 39.8 Å². The molecule has 0 aliphatic rings. The molecule has 0 heterocycles. The van der Waals surface area contributed by atoms with E-state index in [-0.39, 0.29) is 24.0 Å². The maximum absolute atomic E-state index is 4.40. The van der Waals surface area contributed by atoms with Crippen molar-refractivity contribution < 1.29 is 0 Å². The van der Waals surface area contributed by atoms with Crippen molar-refractivity contribution in [1.29, 1.82) is 0 Å². The zero-order valence-electron chi connectivity index (χ0n) is 8.42. The summed E-state index contributed by atoms with van der Waals surface area (Å²) in [5, 5.41) is 4.31. The second kappa shape index (κ2) is 8.16. The maximum Gasteiger partial charge on any atom is 0.156 e. The van der Waals surface area contributed by atoms with Gasteiger partial charge in [-0.15, -0.1) is 24.0 Å². The minimum atomic E-state index is 0. The van der Waals surface area contributed by atoms with Gasteiger partial charge in [-0.05, 0) is 34.0 Å². The molecule has 1 N–H and O–H groups in total. The highest BCUT2D eigenvalue weighted by Gasteiger charge is 1.99. The van der Waals surface area contributed by atoms with E-state index in [0.29, 0.717) is 12.1 Å². The molecule has 0 radical (unpaired) electrons. The van der Waals surface area contributed by atoms with Crippen LogP contribution in [-0.2, 0) is 0 Å². The highest BCUT2D eigenvalue weighted by atomic mass is 127. The lowest BCUT2D eigenvalue weighted by Crippen LogP contribution is -2.28. The van der Waals surface area contributed by atoms with Crippen molar-refractivity contribution in [3.05, 3.63) is 0 Å². The Morgan fingerprint density at radius 2 is 1.75 bits per heavy atom. The maximum atomic E-state index is 4.40. The summed E-state index contributed by atoms with van der Waals surface area (Å²) in [5.41, 5.74) is 0. The first kappa shape index (κ1) is 15.0. The van der Waals surface area contributed by atoms with Gasteiger partial charge in [0.25, 0.3) is 0 Å². The van der Waals surface area contributed by atoms with Crippen LogP contribution in [0, 0.1) is 0 Å². The fourth-order valence-electron chi connectivity index (χ4n) is 0.630. The van der Waals surface area contributed by atoms with Crippen molar-refractivity contribution in [3.63, 3.8) is 0 Å². The molecule has 0 rings (SSSR count). The molecule has 0 unspecified atom stereocenters. The Hall–Kier alpha value is 0.550. The van der Waals surface area contributed by atoms with E-state index in [1.165, 1.54) is 0 Å². The van der Waals surface area contributed by atoms with E-state index in [0.717, 1.165) is 5.17 Å². The molecule has 0 atom stereocenters. The van der Waals surface area contributed by atoms with E-state index >= 15 is 0 Å². The van der Waals surface area contributed by atoms with Crippen molar-refractivity contribution in [1.82, 2.24) is 5.32 Å². The lowest BCUT2D eigenvalue weighted by Gasteiger charge is -2.11. The molecule has 0 fully saturated rings. The standard InChI is InChI=1S/C8H18N2S.HI/c1-6(2)9-8(11-5)10-7(3)4;/h6-7H,1-5H3,(H,9,10);1H. The molecular weight excluding hydrogens is 283 g/mol. The summed E-state index contributed by atoms with van der Waals surface area (Å²) in [6, 6.07) is 0.851. The first-order chi connectivity index (χ1) is 5.06. The summed E-state index contributed by atoms with van der Waals surface area (Å²) in [4.78, 5) is 4.40. The Morgan fingerprint density at radius 1 is 1.25 bits per heavy atom. The number of halogens is 1. The Bertz CT molecular complexity index is 135. The molecule has 0 aliphatic heterocycles. The minimum Gasteiger partial charge on any atom is -0.363 e. The molecule has 0 saturated heterocycles. The normalized spacial score (nSPS) is 11.8. The Morgan fingerprint density at radius 3 is 2.00 bits per heavy atom. The Balaban J connectivity index is 0. The summed E-state index contributed by atoms with van der Waals surface area (Å²) < 4.78 is 0. The van der Waals surface area contributed by atoms with E-state index in [4.69, 9.17) is 0 Å². The number of rotatable bonds is 2. The average molecular weight is 302 g/mol. The number of hydrogen-bond donors (Lipinski definition) is 1. The molecular formula is C8H19IN2S. The van der Waals surface area contributed by atoms with Crippen molar-refractivity contribution in [3.8, 4) is 0 Å². The third kappa shape index (κ3) is 8.64. The van der Waals surface area contributed by atoms with Crippen LogP contribution in [0.15, 0.2) is 4.99 Å². The van der Waals surface area contributed by atoms with Gasteiger partial charge in [-0.1, -0.05) is 11.8 Å². The largest absolute Gasteiger partial charge is 0.363 e. The second-order valence-electron chi connectivity index (χ2n) is 3.03. The molecule has 0 aromatic carbocycles. The van der Waals surface area contributed by atoms with E-state index in [1.54, 1.807) is 11.8 Å². The van der Waals surface area contributed by atoms with E-state index in [1.807, 2.05) is 6.26 Å². The molecule has 0 spiro atoms. The van der Waals surface area contributed by atoms with E-state index < -0.39 is 0 Å². The third-order valence-corrected chi connectivity index (χ3v) is 1.59. The van der Waals surface area contributed by atoms with Crippen molar-refractivity contribution in [2.24, 2.45) is 4.99 Å². The molecule has 74 valence electrons. The molecule has 4 heteroatoms. The average Bonchev–Trinajstić information content (AvgIpc) is 1.84. The van der Waals surface area contributed by atoms with Crippen molar-refractivity contribution in [2.75, 3.05) is 6.26 Å². The van der Waals surface area contributed by atoms with Gasteiger partial charge >= 0.3 is 0 Å². The predicted molar refractivity (Wildman–Crippen MR) is 69.8 cm³/mol. The highest BCUT2D eigenvalue weighted by molar-refractivity contribution is 14.0. The quantitative estimate of drug-likeness (QED) is 0.482. The Kier molecular flexibility index (Phi) is 10.2. The fourth-order valence-corrected chi connectivity index (χ4v) is 1.30. The summed E-state index contributed by atoms with van der Waals surface area (Å²) in [6.07, 6.45) is 2.04. The van der Waals surface area contributed by atoms with Crippen LogP contribution in [-0.4, -0.2) is 23.5 Å². The van der Waals surface area contributed by atoms with Gasteiger partial charge in [-0.25, -0.2) is 0 Å². The zero-order valence-corrected chi connectivity index (χ0v) is 11.6. The van der Waals surface area contributed by atoms with Crippen LogP contribution in [0.25, 0.3) is 0 Å². The van der Waals surface area contributed by atoms with Gasteiger partial charge < -0.3 is 5.32 Å². The van der Waals surface area contributed by atoms with Gasteiger partial charge in [-0.3, -0.25) is 4.99 Å². The fraction of sp³-hybridized carbons (Fsp3) is 0.875. The molecule has 0 aromatic heterocycles. The molecule has 0 amide bonds. The van der Waals surface area contributed by atoms with Crippen molar-refractivity contribution >= 4 is 40.9 Å². The second-order valence-corrected chi connectivity index (χ2v) is 3.83. The first-order valence-corrected chi connectivity index (χ1v) is 5.17. The van der Waals surface area contributed by atoms with Crippen LogP contribution in [0.3, 0.4) is 0 Å². The number of aliphatic imine (C=N–C) groups is 1. The van der Waals surface area contributed by atoms with Gasteiger partial charge in [0.1, 0.15) is 0 Å². The van der Waals surface area contributed by atoms with E-state index in [9.17, 15) is 0 Å².